The minimum Gasteiger partial charge on any atom is -0.493 e. The summed E-state index contributed by atoms with van der Waals surface area (Å²) in [5.41, 5.74) is 0.897. The van der Waals surface area contributed by atoms with Crippen molar-refractivity contribution in [3.8, 4) is 11.5 Å². The van der Waals surface area contributed by atoms with Crippen LogP contribution in [0, 0.1) is 11.7 Å². The Morgan fingerprint density at radius 3 is 2.67 bits per heavy atom. The molecule has 27 heavy (non-hydrogen) atoms. The third kappa shape index (κ3) is 6.71. The second-order valence-electron chi connectivity index (χ2n) is 6.39. The van der Waals surface area contributed by atoms with Crippen molar-refractivity contribution in [2.45, 2.75) is 20.3 Å². The molecule has 0 fully saturated rings. The van der Waals surface area contributed by atoms with Gasteiger partial charge in [-0.3, -0.25) is 4.79 Å². The Kier molecular flexibility index (Phi) is 7.85. The van der Waals surface area contributed by atoms with Crippen LogP contribution in [0.15, 0.2) is 46.9 Å². The molecule has 0 aromatic heterocycles. The Labute approximate surface area is 167 Å². The fraction of sp³-hybridized carbons (Fsp3) is 0.286. The molecule has 0 bridgehead atoms. The van der Waals surface area contributed by atoms with Crippen LogP contribution in [-0.4, -0.2) is 19.6 Å². The van der Waals surface area contributed by atoms with Gasteiger partial charge in [0.15, 0.2) is 11.5 Å². The molecule has 2 aromatic rings. The molecule has 0 atom stereocenters. The van der Waals surface area contributed by atoms with Crippen molar-refractivity contribution < 1.29 is 18.7 Å². The van der Waals surface area contributed by atoms with E-state index in [0.717, 1.165) is 12.0 Å². The van der Waals surface area contributed by atoms with Gasteiger partial charge in [-0.15, -0.1) is 0 Å². The van der Waals surface area contributed by atoms with Crippen molar-refractivity contribution in [1.82, 2.24) is 0 Å². The molecular formula is C21H23BrFNO3. The number of benzene rings is 2. The summed E-state index contributed by atoms with van der Waals surface area (Å²) in [5, 5.41) is 2.51. The zero-order valence-corrected chi connectivity index (χ0v) is 17.2. The quantitative estimate of drug-likeness (QED) is 0.543. The molecule has 0 unspecified atom stereocenters. The van der Waals surface area contributed by atoms with Crippen LogP contribution in [0.25, 0.3) is 6.08 Å². The van der Waals surface area contributed by atoms with Crippen molar-refractivity contribution in [2.24, 2.45) is 5.92 Å². The molecule has 144 valence electrons. The average molecular weight is 436 g/mol. The SMILES string of the molecule is COc1cc(/C=C/C(=O)Nc2ccc(Br)cc2F)ccc1OCCC(C)C. The highest BCUT2D eigenvalue weighted by Crippen LogP contribution is 2.29. The number of amides is 1. The van der Waals surface area contributed by atoms with Gasteiger partial charge in [0.05, 0.1) is 19.4 Å². The van der Waals surface area contributed by atoms with Crippen LogP contribution in [0.3, 0.4) is 0 Å². The normalized spacial score (nSPS) is 11.0. The number of hydrogen-bond acceptors (Lipinski definition) is 3. The van der Waals surface area contributed by atoms with E-state index in [1.54, 1.807) is 25.3 Å². The fourth-order valence-corrected chi connectivity index (χ4v) is 2.58. The smallest absolute Gasteiger partial charge is 0.248 e. The van der Waals surface area contributed by atoms with E-state index in [-0.39, 0.29) is 5.69 Å². The van der Waals surface area contributed by atoms with Crippen molar-refractivity contribution in [2.75, 3.05) is 19.0 Å². The van der Waals surface area contributed by atoms with E-state index in [0.29, 0.717) is 28.5 Å². The molecule has 2 rings (SSSR count). The molecule has 1 N–H and O–H groups in total. The molecule has 0 aliphatic rings. The molecule has 6 heteroatoms. The minimum absolute atomic E-state index is 0.124. The lowest BCUT2D eigenvalue weighted by Crippen LogP contribution is -2.09. The van der Waals surface area contributed by atoms with Gasteiger partial charge in [0.1, 0.15) is 5.82 Å². The molecular weight excluding hydrogens is 413 g/mol. The third-order valence-electron chi connectivity index (χ3n) is 3.76. The highest BCUT2D eigenvalue weighted by atomic mass is 79.9. The molecule has 4 nitrogen and oxygen atoms in total. The topological polar surface area (TPSA) is 47.6 Å². The highest BCUT2D eigenvalue weighted by Gasteiger charge is 2.07. The van der Waals surface area contributed by atoms with E-state index in [2.05, 4.69) is 35.1 Å². The molecule has 0 heterocycles. The summed E-state index contributed by atoms with van der Waals surface area (Å²) in [5.74, 6) is 0.896. The minimum atomic E-state index is -0.504. The fourth-order valence-electron chi connectivity index (χ4n) is 2.25. The Hall–Kier alpha value is -2.34. The number of hydrogen-bond donors (Lipinski definition) is 1. The van der Waals surface area contributed by atoms with E-state index in [1.165, 1.54) is 18.2 Å². The average Bonchev–Trinajstić information content (AvgIpc) is 2.62. The lowest BCUT2D eigenvalue weighted by molar-refractivity contribution is -0.111. The van der Waals surface area contributed by atoms with Gasteiger partial charge in [-0.1, -0.05) is 35.8 Å². The summed E-state index contributed by atoms with van der Waals surface area (Å²) in [6, 6.07) is 9.88. The second-order valence-corrected chi connectivity index (χ2v) is 7.30. The summed E-state index contributed by atoms with van der Waals surface area (Å²) >= 11 is 3.18. The molecule has 0 saturated heterocycles. The van der Waals surface area contributed by atoms with Crippen LogP contribution in [0.4, 0.5) is 10.1 Å². The van der Waals surface area contributed by atoms with Crippen molar-refractivity contribution >= 4 is 33.6 Å². The van der Waals surface area contributed by atoms with Gasteiger partial charge in [-0.05, 0) is 54.3 Å². The maximum atomic E-state index is 13.8. The van der Waals surface area contributed by atoms with Gasteiger partial charge in [0.25, 0.3) is 0 Å². The summed E-state index contributed by atoms with van der Waals surface area (Å²) in [4.78, 5) is 12.0. The zero-order valence-electron chi connectivity index (χ0n) is 15.6. The first-order valence-corrected chi connectivity index (χ1v) is 9.43. The number of anilines is 1. The first-order valence-electron chi connectivity index (χ1n) is 8.64. The summed E-state index contributed by atoms with van der Waals surface area (Å²) < 4.78 is 25.5. The molecule has 0 radical (unpaired) electrons. The van der Waals surface area contributed by atoms with Crippen LogP contribution < -0.4 is 14.8 Å². The molecule has 0 aliphatic heterocycles. The van der Waals surface area contributed by atoms with Crippen molar-refractivity contribution in [3.63, 3.8) is 0 Å². The summed E-state index contributed by atoms with van der Waals surface area (Å²) in [6.07, 6.45) is 3.93. The van der Waals surface area contributed by atoms with Gasteiger partial charge in [0, 0.05) is 10.5 Å². The molecule has 2 aromatic carbocycles. The second kappa shape index (κ2) is 10.1. The van der Waals surface area contributed by atoms with E-state index >= 15 is 0 Å². The first kappa shape index (κ1) is 21.0. The Bertz CT molecular complexity index is 821. The monoisotopic (exact) mass is 435 g/mol. The summed E-state index contributed by atoms with van der Waals surface area (Å²) in [7, 11) is 1.57. The van der Waals surface area contributed by atoms with Crippen LogP contribution in [-0.2, 0) is 4.79 Å². The van der Waals surface area contributed by atoms with Gasteiger partial charge in [0.2, 0.25) is 5.91 Å². The Morgan fingerprint density at radius 1 is 1.22 bits per heavy atom. The van der Waals surface area contributed by atoms with Gasteiger partial charge in [-0.25, -0.2) is 4.39 Å². The molecule has 0 saturated carbocycles. The van der Waals surface area contributed by atoms with Gasteiger partial charge >= 0.3 is 0 Å². The van der Waals surface area contributed by atoms with Crippen LogP contribution in [0.2, 0.25) is 0 Å². The standard InChI is InChI=1S/C21H23BrFNO3/c1-14(2)10-11-27-19-8-4-15(12-20(19)26-3)5-9-21(25)24-18-7-6-16(22)13-17(18)23/h4-9,12-14H,10-11H2,1-3H3,(H,24,25)/b9-5+. The van der Waals surface area contributed by atoms with Crippen molar-refractivity contribution in [3.05, 3.63) is 58.3 Å². The largest absolute Gasteiger partial charge is 0.493 e. The van der Waals surface area contributed by atoms with Gasteiger partial charge < -0.3 is 14.8 Å². The van der Waals surface area contributed by atoms with E-state index in [9.17, 15) is 9.18 Å². The maximum absolute atomic E-state index is 13.8. The van der Waals surface area contributed by atoms with E-state index in [4.69, 9.17) is 9.47 Å². The molecule has 0 aliphatic carbocycles. The molecule has 1 amide bonds. The van der Waals surface area contributed by atoms with Crippen LogP contribution in [0.1, 0.15) is 25.8 Å². The number of halogens is 2. The number of ether oxygens (including phenoxy) is 2. The highest BCUT2D eigenvalue weighted by molar-refractivity contribution is 9.10. The number of carbonyl (C=O) groups excluding carboxylic acids is 1. The Balaban J connectivity index is 2.01. The first-order chi connectivity index (χ1) is 12.9. The summed E-state index contributed by atoms with van der Waals surface area (Å²) in [6.45, 7) is 4.89. The molecule has 0 spiro atoms. The zero-order chi connectivity index (χ0) is 19.8. The van der Waals surface area contributed by atoms with Crippen molar-refractivity contribution in [1.29, 1.82) is 0 Å². The number of nitrogens with one attached hydrogen (secondary N) is 1. The predicted octanol–water partition coefficient (Wildman–Crippen LogP) is 5.67. The van der Waals surface area contributed by atoms with E-state index < -0.39 is 11.7 Å². The van der Waals surface area contributed by atoms with Crippen LogP contribution >= 0.6 is 15.9 Å². The van der Waals surface area contributed by atoms with Gasteiger partial charge in [-0.2, -0.15) is 0 Å². The lowest BCUT2D eigenvalue weighted by atomic mass is 10.1. The maximum Gasteiger partial charge on any atom is 0.248 e. The van der Waals surface area contributed by atoms with Crippen LogP contribution in [0.5, 0.6) is 11.5 Å². The van der Waals surface area contributed by atoms with E-state index in [1.807, 2.05) is 12.1 Å². The number of methoxy groups -OCH3 is 1. The number of carbonyl (C=O) groups is 1. The lowest BCUT2D eigenvalue weighted by Gasteiger charge is -2.12. The number of rotatable bonds is 8. The third-order valence-corrected chi connectivity index (χ3v) is 4.25. The predicted molar refractivity (Wildman–Crippen MR) is 110 cm³/mol. The Morgan fingerprint density at radius 2 is 2.00 bits per heavy atom.